The Kier molecular flexibility index (Phi) is 15.4. The Bertz CT molecular complexity index is 1670. The summed E-state index contributed by atoms with van der Waals surface area (Å²) in [5.41, 5.74) is 10.5. The van der Waals surface area contributed by atoms with Gasteiger partial charge in [0.15, 0.2) is 0 Å². The van der Waals surface area contributed by atoms with Crippen molar-refractivity contribution in [3.05, 3.63) is 161 Å². The molecule has 0 atom stereocenters. The minimum Gasteiger partial charge on any atom is -0.305 e. The number of rotatable bonds is 3. The van der Waals surface area contributed by atoms with Gasteiger partial charge in [0.05, 0.1) is 5.69 Å². The van der Waals surface area contributed by atoms with Gasteiger partial charge >= 0.3 is 0 Å². The van der Waals surface area contributed by atoms with E-state index in [-0.39, 0.29) is 51.8 Å². The fourth-order valence-electron chi connectivity index (χ4n) is 4.71. The van der Waals surface area contributed by atoms with Crippen molar-refractivity contribution >= 4 is 0 Å². The predicted molar refractivity (Wildman–Crippen MR) is 175 cm³/mol. The fraction of sp³-hybridized carbons (Fsp3) is 0.154. The Morgan fingerprint density at radius 2 is 0.957 bits per heavy atom. The van der Waals surface area contributed by atoms with E-state index in [9.17, 15) is 8.78 Å². The molecule has 7 heteroatoms. The van der Waals surface area contributed by atoms with Crippen molar-refractivity contribution in [2.24, 2.45) is 0 Å². The third kappa shape index (κ3) is 10.7. The molecule has 46 heavy (non-hydrogen) atoms. The molecule has 2 radical (unpaired) electrons. The van der Waals surface area contributed by atoms with Crippen LogP contribution in [-0.2, 0) is 40.2 Å². The molecule has 0 unspecified atom stereocenters. The maximum Gasteiger partial charge on any atom is 0.129 e. The van der Waals surface area contributed by atoms with Gasteiger partial charge in [0.2, 0.25) is 0 Å². The van der Waals surface area contributed by atoms with Gasteiger partial charge in [-0.25, -0.2) is 4.39 Å². The van der Waals surface area contributed by atoms with E-state index in [1.165, 1.54) is 5.56 Å². The largest absolute Gasteiger partial charge is 0.305 e. The summed E-state index contributed by atoms with van der Waals surface area (Å²) in [6.45, 7) is 11.2. The molecule has 3 heterocycles. The normalized spacial score (nSPS) is 9.83. The standard InChI is InChI=1S/C13H12FN.C13H11FN.C13H12N.2Ir/c2*1-9-7-11(8-10(2)13(9)14)12-5-3-4-6-15-12;1-10-7-11(2)9-12(8-10)13-5-3-4-6-14-13;;/h3-8H,1-2H3;3-7H,1-2H3;3-8H,1-2H3;;/q;2*-1;;. The van der Waals surface area contributed by atoms with E-state index in [1.54, 1.807) is 52.4 Å². The number of nitrogens with zero attached hydrogens (tertiary/aromatic N) is 3. The van der Waals surface area contributed by atoms with Crippen LogP contribution in [0.15, 0.2) is 104 Å². The van der Waals surface area contributed by atoms with Crippen LogP contribution in [0.5, 0.6) is 0 Å². The van der Waals surface area contributed by atoms with Crippen LogP contribution in [0.1, 0.15) is 33.4 Å². The first-order chi connectivity index (χ1) is 21.1. The molecule has 240 valence electrons. The summed E-state index contributed by atoms with van der Waals surface area (Å²) in [7, 11) is 0. The van der Waals surface area contributed by atoms with Crippen LogP contribution in [0.4, 0.5) is 8.78 Å². The number of aromatic nitrogens is 3. The van der Waals surface area contributed by atoms with Gasteiger partial charge in [-0.15, -0.1) is 52.6 Å². The maximum atomic E-state index is 13.4. The summed E-state index contributed by atoms with van der Waals surface area (Å²) in [5, 5.41) is 0. The Morgan fingerprint density at radius 3 is 1.39 bits per heavy atom. The molecule has 3 aromatic heterocycles. The van der Waals surface area contributed by atoms with Gasteiger partial charge in [0, 0.05) is 70.2 Å². The van der Waals surface area contributed by atoms with Crippen molar-refractivity contribution in [1.82, 2.24) is 15.0 Å². The molecule has 0 aliphatic heterocycles. The molecule has 3 aromatic carbocycles. The second-order valence-corrected chi connectivity index (χ2v) is 10.6. The van der Waals surface area contributed by atoms with Crippen molar-refractivity contribution in [2.75, 3.05) is 0 Å². The molecule has 0 aliphatic rings. The molecule has 0 saturated heterocycles. The second kappa shape index (κ2) is 18.4. The van der Waals surface area contributed by atoms with Crippen molar-refractivity contribution in [3.8, 4) is 33.8 Å². The van der Waals surface area contributed by atoms with E-state index in [2.05, 4.69) is 53.1 Å². The molecular formula is C39H35F2Ir2N3-2. The van der Waals surface area contributed by atoms with Crippen molar-refractivity contribution in [2.45, 2.75) is 41.5 Å². The summed E-state index contributed by atoms with van der Waals surface area (Å²) in [6, 6.07) is 33.2. The minimum absolute atomic E-state index is 0. The Morgan fingerprint density at radius 1 is 0.500 bits per heavy atom. The zero-order chi connectivity index (χ0) is 31.6. The quantitative estimate of drug-likeness (QED) is 0.166. The maximum absolute atomic E-state index is 13.4. The Labute approximate surface area is 298 Å². The summed E-state index contributed by atoms with van der Waals surface area (Å²) in [6.07, 6.45) is 5.27. The summed E-state index contributed by atoms with van der Waals surface area (Å²) in [4.78, 5) is 12.7. The molecular weight excluding hydrogens is 933 g/mol. The number of halogens is 2. The van der Waals surface area contributed by atoms with Crippen LogP contribution < -0.4 is 0 Å². The minimum atomic E-state index is -0.185. The Hall–Kier alpha value is -3.73. The average molecular weight is 968 g/mol. The van der Waals surface area contributed by atoms with Gasteiger partial charge in [0.25, 0.3) is 0 Å². The van der Waals surface area contributed by atoms with Crippen LogP contribution in [-0.4, -0.2) is 15.0 Å². The third-order valence-electron chi connectivity index (χ3n) is 6.79. The number of benzene rings is 3. The molecule has 0 amide bonds. The number of pyridine rings is 3. The molecule has 0 spiro atoms. The van der Waals surface area contributed by atoms with Gasteiger partial charge in [-0.3, -0.25) is 9.37 Å². The number of hydrogen-bond acceptors (Lipinski definition) is 3. The third-order valence-corrected chi connectivity index (χ3v) is 6.79. The molecule has 3 nitrogen and oxygen atoms in total. The van der Waals surface area contributed by atoms with Crippen LogP contribution in [0.25, 0.3) is 33.8 Å². The van der Waals surface area contributed by atoms with Gasteiger partial charge < -0.3 is 9.97 Å². The van der Waals surface area contributed by atoms with Gasteiger partial charge in [-0.05, 0) is 72.8 Å². The fourth-order valence-corrected chi connectivity index (χ4v) is 4.71. The monoisotopic (exact) mass is 969 g/mol. The van der Waals surface area contributed by atoms with Crippen LogP contribution >= 0.6 is 0 Å². The first-order valence-corrected chi connectivity index (χ1v) is 14.3. The van der Waals surface area contributed by atoms with Crippen LogP contribution in [0.2, 0.25) is 0 Å². The van der Waals surface area contributed by atoms with E-state index < -0.39 is 0 Å². The topological polar surface area (TPSA) is 38.7 Å². The van der Waals surface area contributed by atoms with E-state index in [0.29, 0.717) is 22.3 Å². The van der Waals surface area contributed by atoms with Crippen molar-refractivity contribution < 1.29 is 49.0 Å². The average Bonchev–Trinajstić information content (AvgIpc) is 3.03. The molecule has 0 bridgehead atoms. The van der Waals surface area contributed by atoms with E-state index in [0.717, 1.165) is 39.3 Å². The van der Waals surface area contributed by atoms with E-state index >= 15 is 0 Å². The smallest absolute Gasteiger partial charge is 0.129 e. The van der Waals surface area contributed by atoms with Crippen molar-refractivity contribution in [3.63, 3.8) is 0 Å². The SMILES string of the molecule is Cc1[c-]c(-c2ccccn2)cc(C)c1.Cc1[c-]c(-c2ccccn2)cc(C)c1F.Cc1cc(-c2ccccn2)cc(C)c1F.[Ir].[Ir]. The summed E-state index contributed by atoms with van der Waals surface area (Å²) >= 11 is 0. The predicted octanol–water partition coefficient (Wildman–Crippen LogP) is 9.97. The Balaban J connectivity index is 0.000000235. The number of hydrogen-bond donors (Lipinski definition) is 0. The molecule has 0 saturated carbocycles. The van der Waals surface area contributed by atoms with Gasteiger partial charge in [-0.1, -0.05) is 69.2 Å². The van der Waals surface area contributed by atoms with Gasteiger partial charge in [-0.2, -0.15) is 0 Å². The molecule has 0 aliphatic carbocycles. The van der Waals surface area contributed by atoms with E-state index in [1.807, 2.05) is 66.7 Å². The molecule has 6 rings (SSSR count). The number of aryl methyl sites for hydroxylation is 6. The second-order valence-electron chi connectivity index (χ2n) is 10.6. The zero-order valence-electron chi connectivity index (χ0n) is 26.6. The van der Waals surface area contributed by atoms with Crippen molar-refractivity contribution in [1.29, 1.82) is 0 Å². The first kappa shape index (κ1) is 38.5. The molecule has 6 aromatic rings. The van der Waals surface area contributed by atoms with Crippen LogP contribution in [0, 0.1) is 65.3 Å². The van der Waals surface area contributed by atoms with Gasteiger partial charge in [0.1, 0.15) is 5.82 Å². The summed E-state index contributed by atoms with van der Waals surface area (Å²) in [5.74, 6) is -0.315. The first-order valence-electron chi connectivity index (χ1n) is 14.3. The zero-order valence-corrected chi connectivity index (χ0v) is 31.4. The molecule has 0 N–H and O–H groups in total. The van der Waals surface area contributed by atoms with E-state index in [4.69, 9.17) is 0 Å². The van der Waals surface area contributed by atoms with Crippen LogP contribution in [0.3, 0.4) is 0 Å². The summed E-state index contributed by atoms with van der Waals surface area (Å²) < 4.78 is 26.8. The molecule has 0 fully saturated rings.